The first-order chi connectivity index (χ1) is 15.3. The van der Waals surface area contributed by atoms with Gasteiger partial charge in [-0.2, -0.15) is 5.10 Å². The standard InChI is InChI=1S/C24H28N4O3/c29-24(20-31-23-9-5-2-6-10-23)27(14-13-26-15-17-30-18-16-26)19-22-11-12-25-28(22)21-7-3-1-4-8-21/h1-12H,13-20H2. The highest BCUT2D eigenvalue weighted by Gasteiger charge is 2.19. The lowest BCUT2D eigenvalue weighted by molar-refractivity contribution is -0.134. The van der Waals surface area contributed by atoms with Gasteiger partial charge in [0.05, 0.1) is 31.1 Å². The molecule has 0 aliphatic carbocycles. The van der Waals surface area contributed by atoms with Gasteiger partial charge in [-0.25, -0.2) is 4.68 Å². The Labute approximate surface area is 182 Å². The Hall–Kier alpha value is -3.16. The monoisotopic (exact) mass is 420 g/mol. The van der Waals surface area contributed by atoms with Crippen LogP contribution in [0.3, 0.4) is 0 Å². The third-order valence-electron chi connectivity index (χ3n) is 5.32. The van der Waals surface area contributed by atoms with Crippen LogP contribution in [-0.2, 0) is 16.1 Å². The number of para-hydroxylation sites is 2. The van der Waals surface area contributed by atoms with Gasteiger partial charge in [0.15, 0.2) is 6.61 Å². The highest BCUT2D eigenvalue weighted by molar-refractivity contribution is 5.77. The highest BCUT2D eigenvalue weighted by Crippen LogP contribution is 2.14. The third kappa shape index (κ3) is 5.93. The van der Waals surface area contributed by atoms with E-state index in [1.807, 2.05) is 76.3 Å². The van der Waals surface area contributed by atoms with E-state index in [1.165, 1.54) is 0 Å². The molecule has 1 aromatic heterocycles. The molecule has 0 bridgehead atoms. The number of ether oxygens (including phenoxy) is 2. The molecule has 0 N–H and O–H groups in total. The number of hydrogen-bond donors (Lipinski definition) is 0. The van der Waals surface area contributed by atoms with E-state index >= 15 is 0 Å². The van der Waals surface area contributed by atoms with Crippen molar-refractivity contribution < 1.29 is 14.3 Å². The van der Waals surface area contributed by atoms with Crippen LogP contribution >= 0.6 is 0 Å². The van der Waals surface area contributed by atoms with E-state index in [0.717, 1.165) is 44.2 Å². The number of aromatic nitrogens is 2. The molecule has 7 heteroatoms. The topological polar surface area (TPSA) is 59.8 Å². The number of morpholine rings is 1. The van der Waals surface area contributed by atoms with Crippen molar-refractivity contribution in [2.24, 2.45) is 0 Å². The Balaban J connectivity index is 1.45. The molecular formula is C24H28N4O3. The average molecular weight is 421 g/mol. The predicted octanol–water partition coefficient (Wildman–Crippen LogP) is 2.61. The summed E-state index contributed by atoms with van der Waals surface area (Å²) in [7, 11) is 0. The van der Waals surface area contributed by atoms with E-state index in [4.69, 9.17) is 9.47 Å². The van der Waals surface area contributed by atoms with Crippen LogP contribution in [0.25, 0.3) is 5.69 Å². The molecule has 1 amide bonds. The highest BCUT2D eigenvalue weighted by atomic mass is 16.5. The Morgan fingerprint density at radius 3 is 2.45 bits per heavy atom. The van der Waals surface area contributed by atoms with E-state index in [2.05, 4.69) is 10.00 Å². The summed E-state index contributed by atoms with van der Waals surface area (Å²) in [4.78, 5) is 17.3. The van der Waals surface area contributed by atoms with Gasteiger partial charge in [-0.05, 0) is 30.3 Å². The number of benzene rings is 2. The Morgan fingerprint density at radius 2 is 1.71 bits per heavy atom. The molecule has 2 heterocycles. The van der Waals surface area contributed by atoms with E-state index in [1.54, 1.807) is 6.20 Å². The van der Waals surface area contributed by atoms with Gasteiger partial charge in [-0.1, -0.05) is 36.4 Å². The maximum atomic E-state index is 13.1. The van der Waals surface area contributed by atoms with Gasteiger partial charge in [0.2, 0.25) is 0 Å². The Bertz CT molecular complexity index is 940. The SMILES string of the molecule is O=C(COc1ccccc1)N(CCN1CCOCC1)Cc1ccnn1-c1ccccc1. The molecular weight excluding hydrogens is 392 g/mol. The first-order valence-corrected chi connectivity index (χ1v) is 10.6. The van der Waals surface area contributed by atoms with E-state index in [9.17, 15) is 4.79 Å². The maximum absolute atomic E-state index is 13.1. The van der Waals surface area contributed by atoms with Gasteiger partial charge >= 0.3 is 0 Å². The molecule has 0 saturated carbocycles. The van der Waals surface area contributed by atoms with Crippen molar-refractivity contribution in [2.75, 3.05) is 46.0 Å². The van der Waals surface area contributed by atoms with E-state index in [0.29, 0.717) is 18.8 Å². The molecule has 162 valence electrons. The van der Waals surface area contributed by atoms with Crippen molar-refractivity contribution in [3.63, 3.8) is 0 Å². The smallest absolute Gasteiger partial charge is 0.260 e. The molecule has 2 aromatic carbocycles. The zero-order valence-corrected chi connectivity index (χ0v) is 17.6. The second-order valence-electron chi connectivity index (χ2n) is 7.44. The van der Waals surface area contributed by atoms with Crippen molar-refractivity contribution in [3.05, 3.63) is 78.6 Å². The van der Waals surface area contributed by atoms with Gasteiger partial charge in [0.25, 0.3) is 5.91 Å². The van der Waals surface area contributed by atoms with Crippen molar-refractivity contribution in [1.29, 1.82) is 0 Å². The molecule has 31 heavy (non-hydrogen) atoms. The molecule has 1 aliphatic heterocycles. The Morgan fingerprint density at radius 1 is 1.00 bits per heavy atom. The first-order valence-electron chi connectivity index (χ1n) is 10.6. The zero-order chi connectivity index (χ0) is 21.3. The normalized spacial score (nSPS) is 14.3. The van der Waals surface area contributed by atoms with Crippen molar-refractivity contribution in [1.82, 2.24) is 19.6 Å². The maximum Gasteiger partial charge on any atom is 0.260 e. The molecule has 1 fully saturated rings. The second kappa shape index (κ2) is 10.7. The van der Waals surface area contributed by atoms with Gasteiger partial charge < -0.3 is 14.4 Å². The van der Waals surface area contributed by atoms with E-state index in [-0.39, 0.29) is 12.5 Å². The zero-order valence-electron chi connectivity index (χ0n) is 17.6. The number of amides is 1. The average Bonchev–Trinajstić information content (AvgIpc) is 3.30. The summed E-state index contributed by atoms with van der Waals surface area (Å²) in [5.74, 6) is 0.649. The van der Waals surface area contributed by atoms with Crippen molar-refractivity contribution in [3.8, 4) is 11.4 Å². The Kier molecular flexibility index (Phi) is 7.31. The molecule has 0 atom stereocenters. The minimum absolute atomic E-state index is 0.00655. The van der Waals surface area contributed by atoms with Crippen LogP contribution in [0, 0.1) is 0 Å². The molecule has 1 saturated heterocycles. The first kappa shape index (κ1) is 21.1. The number of rotatable bonds is 9. The van der Waals surface area contributed by atoms with Crippen LogP contribution in [0.5, 0.6) is 5.75 Å². The second-order valence-corrected chi connectivity index (χ2v) is 7.44. The van der Waals surface area contributed by atoms with Crippen LogP contribution in [0.2, 0.25) is 0 Å². The molecule has 1 aliphatic rings. The van der Waals surface area contributed by atoms with Crippen LogP contribution in [0.15, 0.2) is 72.9 Å². The summed E-state index contributed by atoms with van der Waals surface area (Å²) in [6.07, 6.45) is 1.77. The quantitative estimate of drug-likeness (QED) is 0.533. The van der Waals surface area contributed by atoms with Crippen LogP contribution in [0.4, 0.5) is 0 Å². The molecule has 0 spiro atoms. The molecule has 0 radical (unpaired) electrons. The number of carbonyl (C=O) groups excluding carboxylic acids is 1. The molecule has 7 nitrogen and oxygen atoms in total. The summed E-state index contributed by atoms with van der Waals surface area (Å²) in [6.45, 7) is 5.17. The molecule has 0 unspecified atom stereocenters. The van der Waals surface area contributed by atoms with Gasteiger partial charge in [-0.3, -0.25) is 9.69 Å². The fraction of sp³-hybridized carbons (Fsp3) is 0.333. The van der Waals surface area contributed by atoms with Crippen molar-refractivity contribution in [2.45, 2.75) is 6.54 Å². The van der Waals surface area contributed by atoms with Gasteiger partial charge in [0, 0.05) is 32.4 Å². The lowest BCUT2D eigenvalue weighted by Gasteiger charge is -2.30. The van der Waals surface area contributed by atoms with Crippen LogP contribution in [-0.4, -0.2) is 71.5 Å². The minimum atomic E-state index is -0.0436. The lowest BCUT2D eigenvalue weighted by Crippen LogP contribution is -2.44. The summed E-state index contributed by atoms with van der Waals surface area (Å²) in [5, 5.41) is 4.46. The van der Waals surface area contributed by atoms with Crippen LogP contribution < -0.4 is 4.74 Å². The predicted molar refractivity (Wildman–Crippen MR) is 118 cm³/mol. The summed E-state index contributed by atoms with van der Waals surface area (Å²) in [6, 6.07) is 21.4. The summed E-state index contributed by atoms with van der Waals surface area (Å²) >= 11 is 0. The van der Waals surface area contributed by atoms with Crippen molar-refractivity contribution >= 4 is 5.91 Å². The molecule has 3 aromatic rings. The fourth-order valence-electron chi connectivity index (χ4n) is 3.58. The number of hydrogen-bond acceptors (Lipinski definition) is 5. The molecule has 4 rings (SSSR count). The van der Waals surface area contributed by atoms with Gasteiger partial charge in [0.1, 0.15) is 5.75 Å². The third-order valence-corrected chi connectivity index (χ3v) is 5.32. The van der Waals surface area contributed by atoms with Crippen LogP contribution in [0.1, 0.15) is 5.69 Å². The number of carbonyl (C=O) groups is 1. The lowest BCUT2D eigenvalue weighted by atomic mass is 10.3. The summed E-state index contributed by atoms with van der Waals surface area (Å²) < 4.78 is 13.0. The summed E-state index contributed by atoms with van der Waals surface area (Å²) in [5.41, 5.74) is 1.94. The fourth-order valence-corrected chi connectivity index (χ4v) is 3.58. The largest absolute Gasteiger partial charge is 0.484 e. The minimum Gasteiger partial charge on any atom is -0.484 e. The van der Waals surface area contributed by atoms with Gasteiger partial charge in [-0.15, -0.1) is 0 Å². The number of nitrogens with zero attached hydrogens (tertiary/aromatic N) is 4. The van der Waals surface area contributed by atoms with E-state index < -0.39 is 0 Å².